The number of nitrogens with two attached hydrogens (primary N) is 1. The van der Waals surface area contributed by atoms with Gasteiger partial charge in [0.15, 0.2) is 0 Å². The van der Waals surface area contributed by atoms with E-state index >= 15 is 0 Å². The molecule has 1 unspecified atom stereocenters. The summed E-state index contributed by atoms with van der Waals surface area (Å²) >= 11 is 0. The van der Waals surface area contributed by atoms with Crippen LogP contribution in [-0.2, 0) is 0 Å². The lowest BCUT2D eigenvalue weighted by Crippen LogP contribution is -2.42. The normalized spacial score (nSPS) is 20.1. The van der Waals surface area contributed by atoms with Crippen LogP contribution in [-0.4, -0.2) is 29.5 Å². The molecule has 1 aliphatic heterocycles. The minimum atomic E-state index is 0.324. The largest absolute Gasteiger partial charge is 0.329 e. The van der Waals surface area contributed by atoms with Crippen molar-refractivity contribution in [2.24, 2.45) is 17.1 Å². The Labute approximate surface area is 123 Å². The standard InChI is InChI=1S/C17H29N3/c1-13-5-8-19-12-15(13)16(11-18)20-9-6-14(7-10-20)17(2,3)4/h5,8,12,14,16H,6-7,9-11,18H2,1-4H3. The molecular weight excluding hydrogens is 246 g/mol. The van der Waals surface area contributed by atoms with E-state index in [2.05, 4.69) is 43.6 Å². The molecule has 1 aliphatic rings. The van der Waals surface area contributed by atoms with Crippen molar-refractivity contribution >= 4 is 0 Å². The molecule has 1 aromatic heterocycles. The molecule has 2 rings (SSSR count). The van der Waals surface area contributed by atoms with Gasteiger partial charge in [0.1, 0.15) is 0 Å². The van der Waals surface area contributed by atoms with Crippen molar-refractivity contribution < 1.29 is 0 Å². The number of piperidine rings is 1. The lowest BCUT2D eigenvalue weighted by molar-refractivity contribution is 0.0843. The van der Waals surface area contributed by atoms with Crippen LogP contribution in [0.4, 0.5) is 0 Å². The van der Waals surface area contributed by atoms with Gasteiger partial charge in [0.25, 0.3) is 0 Å². The van der Waals surface area contributed by atoms with E-state index in [9.17, 15) is 0 Å². The zero-order valence-corrected chi connectivity index (χ0v) is 13.4. The van der Waals surface area contributed by atoms with Gasteiger partial charge in [-0.2, -0.15) is 0 Å². The maximum absolute atomic E-state index is 6.06. The molecule has 0 spiro atoms. The highest BCUT2D eigenvalue weighted by Gasteiger charge is 2.31. The highest BCUT2D eigenvalue weighted by molar-refractivity contribution is 5.25. The van der Waals surface area contributed by atoms with E-state index in [1.54, 1.807) is 0 Å². The number of rotatable bonds is 3. The van der Waals surface area contributed by atoms with Crippen molar-refractivity contribution in [3.05, 3.63) is 29.6 Å². The summed E-state index contributed by atoms with van der Waals surface area (Å²) in [5, 5.41) is 0. The van der Waals surface area contributed by atoms with Gasteiger partial charge < -0.3 is 5.73 Å². The van der Waals surface area contributed by atoms with Gasteiger partial charge in [0.2, 0.25) is 0 Å². The van der Waals surface area contributed by atoms with Crippen molar-refractivity contribution in [2.75, 3.05) is 19.6 Å². The second-order valence-corrected chi connectivity index (χ2v) is 7.16. The van der Waals surface area contributed by atoms with Crippen LogP contribution in [0.25, 0.3) is 0 Å². The van der Waals surface area contributed by atoms with Crippen LogP contribution in [0.1, 0.15) is 50.8 Å². The second-order valence-electron chi connectivity index (χ2n) is 7.16. The van der Waals surface area contributed by atoms with E-state index < -0.39 is 0 Å². The summed E-state index contributed by atoms with van der Waals surface area (Å²) in [6.07, 6.45) is 6.40. The molecule has 1 saturated heterocycles. The molecule has 2 N–H and O–H groups in total. The smallest absolute Gasteiger partial charge is 0.0488 e. The van der Waals surface area contributed by atoms with Gasteiger partial charge in [-0.15, -0.1) is 0 Å². The first-order chi connectivity index (χ1) is 9.43. The molecule has 0 saturated carbocycles. The molecule has 1 aromatic rings. The van der Waals surface area contributed by atoms with Gasteiger partial charge >= 0.3 is 0 Å². The van der Waals surface area contributed by atoms with Crippen LogP contribution in [0.15, 0.2) is 18.5 Å². The maximum Gasteiger partial charge on any atom is 0.0488 e. The number of nitrogens with zero attached hydrogens (tertiary/aromatic N) is 2. The fraction of sp³-hybridized carbons (Fsp3) is 0.706. The van der Waals surface area contributed by atoms with Crippen LogP contribution in [0.5, 0.6) is 0 Å². The molecule has 20 heavy (non-hydrogen) atoms. The van der Waals surface area contributed by atoms with Gasteiger partial charge in [-0.3, -0.25) is 9.88 Å². The number of hydrogen-bond acceptors (Lipinski definition) is 3. The summed E-state index contributed by atoms with van der Waals surface area (Å²) in [6, 6.07) is 2.41. The van der Waals surface area contributed by atoms with Crippen molar-refractivity contribution in [2.45, 2.75) is 46.6 Å². The number of hydrogen-bond donors (Lipinski definition) is 1. The molecule has 0 aliphatic carbocycles. The topological polar surface area (TPSA) is 42.1 Å². The first-order valence-corrected chi connectivity index (χ1v) is 7.78. The Morgan fingerprint density at radius 1 is 1.35 bits per heavy atom. The van der Waals surface area contributed by atoms with Crippen molar-refractivity contribution in [3.8, 4) is 0 Å². The molecule has 1 atom stereocenters. The van der Waals surface area contributed by atoms with Gasteiger partial charge in [-0.1, -0.05) is 20.8 Å². The minimum Gasteiger partial charge on any atom is -0.329 e. The predicted molar refractivity (Wildman–Crippen MR) is 84.5 cm³/mol. The van der Waals surface area contributed by atoms with Crippen molar-refractivity contribution in [1.82, 2.24) is 9.88 Å². The third kappa shape index (κ3) is 3.39. The van der Waals surface area contributed by atoms with E-state index in [1.165, 1.54) is 24.0 Å². The van der Waals surface area contributed by atoms with E-state index in [1.807, 2.05) is 12.4 Å². The Bertz CT molecular complexity index is 428. The quantitative estimate of drug-likeness (QED) is 0.921. The molecule has 0 radical (unpaired) electrons. The maximum atomic E-state index is 6.06. The molecule has 3 nitrogen and oxygen atoms in total. The fourth-order valence-corrected chi connectivity index (χ4v) is 3.37. The number of aryl methyl sites for hydroxylation is 1. The molecule has 0 amide bonds. The van der Waals surface area contributed by atoms with Gasteiger partial charge in [0, 0.05) is 25.0 Å². The van der Waals surface area contributed by atoms with E-state index in [4.69, 9.17) is 5.73 Å². The van der Waals surface area contributed by atoms with Crippen LogP contribution >= 0.6 is 0 Å². The third-order valence-corrected chi connectivity index (χ3v) is 4.86. The van der Waals surface area contributed by atoms with Gasteiger partial charge in [-0.05, 0) is 61.4 Å². The number of pyridine rings is 1. The molecule has 2 heterocycles. The van der Waals surface area contributed by atoms with Crippen LogP contribution in [0.2, 0.25) is 0 Å². The first kappa shape index (κ1) is 15.5. The molecule has 112 valence electrons. The predicted octanol–water partition coefficient (Wildman–Crippen LogP) is 3.15. The zero-order chi connectivity index (χ0) is 14.8. The average molecular weight is 275 g/mol. The molecule has 3 heteroatoms. The minimum absolute atomic E-state index is 0.324. The summed E-state index contributed by atoms with van der Waals surface area (Å²) in [4.78, 5) is 6.83. The molecule has 0 aromatic carbocycles. The Hall–Kier alpha value is -0.930. The highest BCUT2D eigenvalue weighted by Crippen LogP contribution is 2.36. The lowest BCUT2D eigenvalue weighted by Gasteiger charge is -2.42. The average Bonchev–Trinajstić information content (AvgIpc) is 2.41. The third-order valence-electron chi connectivity index (χ3n) is 4.86. The van der Waals surface area contributed by atoms with E-state index in [-0.39, 0.29) is 0 Å². The summed E-state index contributed by atoms with van der Waals surface area (Å²) in [5.41, 5.74) is 9.08. The van der Waals surface area contributed by atoms with E-state index in [0.29, 0.717) is 18.0 Å². The SMILES string of the molecule is Cc1ccncc1C(CN)N1CCC(C(C)(C)C)CC1. The lowest BCUT2D eigenvalue weighted by atomic mass is 9.75. The Morgan fingerprint density at radius 2 is 2.00 bits per heavy atom. The highest BCUT2D eigenvalue weighted by atomic mass is 15.2. The monoisotopic (exact) mass is 275 g/mol. The summed E-state index contributed by atoms with van der Waals surface area (Å²) in [5.74, 6) is 0.826. The Morgan fingerprint density at radius 3 is 2.50 bits per heavy atom. The fourth-order valence-electron chi connectivity index (χ4n) is 3.37. The summed E-state index contributed by atoms with van der Waals surface area (Å²) in [7, 11) is 0. The van der Waals surface area contributed by atoms with Gasteiger partial charge in [0.05, 0.1) is 0 Å². The van der Waals surface area contributed by atoms with Crippen LogP contribution < -0.4 is 5.73 Å². The molecule has 0 bridgehead atoms. The number of likely N-dealkylation sites (tertiary alicyclic amines) is 1. The Balaban J connectivity index is 2.06. The summed E-state index contributed by atoms with van der Waals surface area (Å²) in [6.45, 7) is 12.2. The zero-order valence-electron chi connectivity index (χ0n) is 13.4. The summed E-state index contributed by atoms with van der Waals surface area (Å²) < 4.78 is 0. The van der Waals surface area contributed by atoms with Crippen molar-refractivity contribution in [3.63, 3.8) is 0 Å². The first-order valence-electron chi connectivity index (χ1n) is 7.78. The van der Waals surface area contributed by atoms with Gasteiger partial charge in [-0.25, -0.2) is 0 Å². The number of aromatic nitrogens is 1. The Kier molecular flexibility index (Phi) is 4.82. The molecular formula is C17H29N3. The van der Waals surface area contributed by atoms with E-state index in [0.717, 1.165) is 19.0 Å². The van der Waals surface area contributed by atoms with Crippen LogP contribution in [0, 0.1) is 18.3 Å². The molecule has 1 fully saturated rings. The second kappa shape index (κ2) is 6.23. The van der Waals surface area contributed by atoms with Crippen molar-refractivity contribution in [1.29, 1.82) is 0 Å². The van der Waals surface area contributed by atoms with Crippen LogP contribution in [0.3, 0.4) is 0 Å².